The molecule has 12 N–H and O–H groups in total. The van der Waals surface area contributed by atoms with Gasteiger partial charge < -0.3 is 86.7 Å². The molecule has 436 valence electrons. The van der Waals surface area contributed by atoms with Gasteiger partial charge in [0.1, 0.15) is 47.3 Å². The number of unbranched alkanes of at least 4 members (excludes halogenated alkanes) is 1. The topological polar surface area (TPSA) is 394 Å². The fraction of sp³-hybridized carbons (Fsp3) is 0.647. The number of benzene rings is 1. The van der Waals surface area contributed by atoms with E-state index in [1.165, 1.54) is 18.9 Å². The summed E-state index contributed by atoms with van der Waals surface area (Å²) in [7, 11) is 2.93. The smallest absolute Gasteiger partial charge is 0.410 e. The molecule has 7 heterocycles. The second-order valence-electron chi connectivity index (χ2n) is 21.5. The predicted molar refractivity (Wildman–Crippen MR) is 281 cm³/mol. The monoisotopic (exact) mass is 1130 g/mol. The first-order valence-corrected chi connectivity index (χ1v) is 27.7. The lowest BCUT2D eigenvalue weighted by atomic mass is 9.80. The van der Waals surface area contributed by atoms with Gasteiger partial charge in [0, 0.05) is 74.2 Å². The molecule has 1 saturated heterocycles. The van der Waals surface area contributed by atoms with Crippen molar-refractivity contribution >= 4 is 81.3 Å². The third-order valence-corrected chi connectivity index (χ3v) is 16.1. The molecular weight excluding hydrogens is 1050 g/mol. The summed E-state index contributed by atoms with van der Waals surface area (Å²) in [4.78, 5) is 147. The lowest BCUT2D eigenvalue weighted by Crippen LogP contribution is -2.62. The van der Waals surface area contributed by atoms with Crippen molar-refractivity contribution in [3.8, 4) is 5.75 Å². The summed E-state index contributed by atoms with van der Waals surface area (Å²) in [6.45, 7) is 6.01. The maximum absolute atomic E-state index is 15.0. The van der Waals surface area contributed by atoms with Gasteiger partial charge in [-0.25, -0.2) is 4.79 Å². The Morgan fingerprint density at radius 1 is 0.937 bits per heavy atom. The number of aromatic nitrogens is 1. The van der Waals surface area contributed by atoms with Crippen molar-refractivity contribution in [3.05, 3.63) is 23.8 Å². The van der Waals surface area contributed by atoms with Crippen molar-refractivity contribution in [2.75, 3.05) is 59.3 Å². The molecular formula is C51H75N11O16S. The molecule has 27 nitrogen and oxygen atoms in total. The Labute approximate surface area is 459 Å². The number of nitrogens with one attached hydrogen (secondary N) is 8. The van der Waals surface area contributed by atoms with E-state index in [0.29, 0.717) is 42.5 Å². The molecule has 3 unspecified atom stereocenters. The van der Waals surface area contributed by atoms with Gasteiger partial charge in [-0.15, -0.1) is 0 Å². The second-order valence-corrected chi connectivity index (χ2v) is 22.9. The highest BCUT2D eigenvalue weighted by Crippen LogP contribution is 2.33. The molecule has 12 atom stereocenters. The molecule has 28 heteroatoms. The van der Waals surface area contributed by atoms with Gasteiger partial charge >= 0.3 is 6.09 Å². The molecule has 1 fully saturated rings. The van der Waals surface area contributed by atoms with Gasteiger partial charge in [-0.1, -0.05) is 26.7 Å². The van der Waals surface area contributed by atoms with Crippen LogP contribution < -0.4 is 47.7 Å². The highest BCUT2D eigenvalue weighted by Gasteiger charge is 2.46. The summed E-state index contributed by atoms with van der Waals surface area (Å²) in [6.07, 6.45) is -2.78. The Kier molecular flexibility index (Phi) is 21.0. The second kappa shape index (κ2) is 26.9. The summed E-state index contributed by atoms with van der Waals surface area (Å²) < 4.78 is 32.5. The molecule has 8 rings (SSSR count). The van der Waals surface area contributed by atoms with E-state index in [1.807, 2.05) is 0 Å². The van der Waals surface area contributed by atoms with Crippen molar-refractivity contribution in [1.29, 1.82) is 0 Å². The van der Waals surface area contributed by atoms with Gasteiger partial charge in [0.15, 0.2) is 6.04 Å². The maximum atomic E-state index is 15.0. The third-order valence-electron chi connectivity index (χ3n) is 14.6. The number of carbonyl (C=O) groups excluding carboxylic acids is 10. The number of carbonyl (C=O) groups is 10. The van der Waals surface area contributed by atoms with Crippen molar-refractivity contribution in [1.82, 2.24) is 52.0 Å². The van der Waals surface area contributed by atoms with Crippen LogP contribution in [0.3, 0.4) is 0 Å². The molecule has 2 aromatic rings. The van der Waals surface area contributed by atoms with Crippen molar-refractivity contribution < 1.29 is 76.9 Å². The fourth-order valence-corrected chi connectivity index (χ4v) is 11.6. The van der Waals surface area contributed by atoms with Crippen LogP contribution in [0.1, 0.15) is 78.7 Å². The summed E-state index contributed by atoms with van der Waals surface area (Å²) in [6, 6.07) is -5.07. The number of methoxy groups -OCH3 is 1. The summed E-state index contributed by atoms with van der Waals surface area (Å²) in [5.41, 5.74) is 5.34. The van der Waals surface area contributed by atoms with E-state index in [-0.39, 0.29) is 36.6 Å². The lowest BCUT2D eigenvalue weighted by molar-refractivity contribution is -0.144. The Morgan fingerprint density at radius 3 is 2.29 bits per heavy atom. The van der Waals surface area contributed by atoms with Gasteiger partial charge in [0.25, 0.3) is 0 Å². The molecule has 1 aromatic carbocycles. The summed E-state index contributed by atoms with van der Waals surface area (Å²) >= 11 is -2.37. The van der Waals surface area contributed by atoms with Gasteiger partial charge in [-0.2, -0.15) is 0 Å². The van der Waals surface area contributed by atoms with Crippen LogP contribution in [0.25, 0.3) is 10.9 Å². The molecule has 0 radical (unpaired) electrons. The third kappa shape index (κ3) is 15.8. The van der Waals surface area contributed by atoms with Crippen molar-refractivity contribution in [3.63, 3.8) is 0 Å². The number of aliphatic hydroxyl groups is 2. The number of fused-ring (bicyclic) bond motifs is 6. The van der Waals surface area contributed by atoms with Crippen LogP contribution in [0.5, 0.6) is 5.75 Å². The number of H-pyrrole nitrogens is 1. The first kappa shape index (κ1) is 61.5. The molecule has 0 saturated carbocycles. The van der Waals surface area contributed by atoms with E-state index >= 15 is 4.55 Å². The molecule has 6 aliphatic rings. The van der Waals surface area contributed by atoms with Gasteiger partial charge in [-0.05, 0) is 57.6 Å². The highest BCUT2D eigenvalue weighted by molar-refractivity contribution is 7.91. The van der Waals surface area contributed by atoms with Crippen LogP contribution in [-0.2, 0) is 70.2 Å². The molecule has 0 aliphatic carbocycles. The number of hydrogen-bond acceptors (Lipinski definition) is 16. The number of aliphatic hydroxyl groups excluding tert-OH is 2. The number of ether oxygens (including phenoxy) is 3. The van der Waals surface area contributed by atoms with E-state index in [0.717, 1.165) is 4.90 Å². The van der Waals surface area contributed by atoms with Crippen LogP contribution in [0.15, 0.2) is 23.2 Å². The average molecular weight is 1130 g/mol. The number of nitrogens with zero attached hydrogens (tertiary/aromatic N) is 2. The Hall–Kier alpha value is -6.75. The predicted octanol–water partition coefficient (Wildman–Crippen LogP) is -2.95. The highest BCUT2D eigenvalue weighted by atomic mass is 32.2. The molecule has 0 spiro atoms. The number of rotatable bonds is 12. The zero-order valence-electron chi connectivity index (χ0n) is 45.5. The van der Waals surface area contributed by atoms with Crippen LogP contribution in [0.4, 0.5) is 4.79 Å². The van der Waals surface area contributed by atoms with Gasteiger partial charge in [-0.3, -0.25) is 43.2 Å². The molecule has 6 aliphatic heterocycles. The lowest BCUT2D eigenvalue weighted by Gasteiger charge is -2.33. The maximum Gasteiger partial charge on any atom is 0.410 e. The fourth-order valence-electron chi connectivity index (χ4n) is 10.3. The van der Waals surface area contributed by atoms with Gasteiger partial charge in [0.2, 0.25) is 58.2 Å². The molecule has 79 heavy (non-hydrogen) atoms. The van der Waals surface area contributed by atoms with Gasteiger partial charge in [0.05, 0.1) is 50.4 Å². The summed E-state index contributed by atoms with van der Waals surface area (Å²) in [5.74, 6) is -11.9. The molecule has 10 amide bonds. The van der Waals surface area contributed by atoms with Crippen LogP contribution in [-0.4, -0.2) is 202 Å². The molecule has 1 aromatic heterocycles. The minimum absolute atomic E-state index is 0.00807. The quantitative estimate of drug-likeness (QED) is 0.0748. The average Bonchev–Trinajstić information content (AvgIpc) is 4.02. The van der Waals surface area contributed by atoms with E-state index < -0.39 is 181 Å². The van der Waals surface area contributed by atoms with E-state index in [2.05, 4.69) is 42.2 Å². The first-order chi connectivity index (χ1) is 37.3. The van der Waals surface area contributed by atoms with Crippen LogP contribution in [0, 0.1) is 17.8 Å². The largest absolute Gasteiger partial charge is 0.610 e. The number of primary amides is 1. The Morgan fingerprint density at radius 2 is 1.63 bits per heavy atom. The number of aromatic amines is 1. The zero-order valence-corrected chi connectivity index (χ0v) is 46.3. The number of amides is 10. The minimum Gasteiger partial charge on any atom is -0.610 e. The van der Waals surface area contributed by atoms with Crippen LogP contribution >= 0.6 is 0 Å². The van der Waals surface area contributed by atoms with E-state index in [4.69, 9.17) is 19.9 Å². The SMILES string of the molecule is CC[C@@H]1C(CCCCN(C)C(=O)OC(C)(C)C)COc2ccc3c4c([nH]c3c2)[S+]([O-])C[C@@H]2NC(=O)CNC(=O)[C@H]1NC(=O)CNC(=O)[C@H](C4)NC(=O)C([C@@H](C)[C@@H](O)CO)NC(=O)[C@@H]1C[C@@H](OC)CN1C(=O)[C@H](CC(N)=O)NC2=O. The first-order valence-electron chi connectivity index (χ1n) is 26.4. The van der Waals surface area contributed by atoms with E-state index in [1.54, 1.807) is 52.9 Å². The molecule has 8 bridgehead atoms. The van der Waals surface area contributed by atoms with Crippen LogP contribution in [0.2, 0.25) is 0 Å². The Balaban J connectivity index is 1.52. The standard InChI is InChI=1S/C51H75N11O16S/c1-8-29-26(11-9-10-14-61(6)50(74)78-51(3,4)5)23-77-27-12-13-30-31-17-33-43(68)53-20-40(67)59-42(29)46(71)54-19-39(66)55-35(24-79(75)48(31)58-32(30)15-27)44(69)57-34(18-38(52)65)49(73)62-21-28(76-7)16-36(62)45(70)60-41(47(72)56-33)25(2)37(64)22-63/h12-13,15,25-26,28-29,33-37,41-42,58,63-64H,8-11,14,16-24H2,1-7H3,(H2,52,65)(H,53,68)(H,54,71)(H,55,66)(H,56,72)(H,57,69)(H,59,67)(H,60,70)/t25-,26?,28+,29+,33-,34-,35-,36-,37-,41?,42-,79?/m0/s1. The number of hydrogen-bond donors (Lipinski definition) is 11. The summed E-state index contributed by atoms with van der Waals surface area (Å²) in [5, 5.41) is 39.2. The van der Waals surface area contributed by atoms with E-state index in [9.17, 15) is 58.2 Å². The van der Waals surface area contributed by atoms with Crippen molar-refractivity contribution in [2.45, 2.75) is 139 Å². The van der Waals surface area contributed by atoms with Crippen molar-refractivity contribution in [2.24, 2.45) is 23.5 Å². The minimum atomic E-state index is -2.37. The normalized spacial score (nSPS) is 27.7. The zero-order chi connectivity index (χ0) is 58.0. The Bertz CT molecular complexity index is 2610. The number of nitrogens with two attached hydrogens (primary N) is 1.